The molecular weight excluding hydrogens is 348 g/mol. The number of ether oxygens (including phenoxy) is 2. The van der Waals surface area contributed by atoms with Gasteiger partial charge in [0.15, 0.2) is 11.6 Å². The highest BCUT2D eigenvalue weighted by molar-refractivity contribution is 6.00. The summed E-state index contributed by atoms with van der Waals surface area (Å²) in [6.45, 7) is 4.82. The van der Waals surface area contributed by atoms with Crippen molar-refractivity contribution in [3.8, 4) is 23.0 Å². The quantitative estimate of drug-likeness (QED) is 0.643. The lowest BCUT2D eigenvalue weighted by atomic mass is 10.1. The lowest BCUT2D eigenvalue weighted by Crippen LogP contribution is -2.26. The van der Waals surface area contributed by atoms with Gasteiger partial charge < -0.3 is 19.7 Å². The van der Waals surface area contributed by atoms with E-state index in [9.17, 15) is 19.8 Å². The van der Waals surface area contributed by atoms with Gasteiger partial charge in [-0.3, -0.25) is 9.59 Å². The van der Waals surface area contributed by atoms with Crippen LogP contribution in [0.2, 0.25) is 0 Å². The van der Waals surface area contributed by atoms with E-state index in [1.165, 1.54) is 26.0 Å². The highest BCUT2D eigenvalue weighted by Gasteiger charge is 2.20. The maximum Gasteiger partial charge on any atom is 0.167 e. The summed E-state index contributed by atoms with van der Waals surface area (Å²) < 4.78 is 11.7. The number of ketones is 2. The SMILES string of the molecule is CCCC(COc1cccc(O)c1C(C)=O)Oc1cccc(O)c1C(C)=O. The minimum Gasteiger partial charge on any atom is -0.507 e. The highest BCUT2D eigenvalue weighted by Crippen LogP contribution is 2.31. The topological polar surface area (TPSA) is 93.1 Å². The van der Waals surface area contributed by atoms with Gasteiger partial charge >= 0.3 is 0 Å². The van der Waals surface area contributed by atoms with E-state index in [2.05, 4.69) is 0 Å². The maximum absolute atomic E-state index is 11.8. The molecule has 2 aromatic rings. The van der Waals surface area contributed by atoms with Crippen LogP contribution in [-0.2, 0) is 0 Å². The summed E-state index contributed by atoms with van der Waals surface area (Å²) in [5.41, 5.74) is 0.245. The number of Topliss-reactive ketones (excluding diaryl/α,β-unsaturated/α-hetero) is 2. The fourth-order valence-electron chi connectivity index (χ4n) is 2.83. The van der Waals surface area contributed by atoms with Crippen LogP contribution in [0.5, 0.6) is 23.0 Å². The Kier molecular flexibility index (Phi) is 6.82. The van der Waals surface area contributed by atoms with Crippen molar-refractivity contribution in [2.75, 3.05) is 6.61 Å². The Hall–Kier alpha value is -3.02. The summed E-state index contributed by atoms with van der Waals surface area (Å²) in [5.74, 6) is -0.320. The smallest absolute Gasteiger partial charge is 0.167 e. The van der Waals surface area contributed by atoms with Crippen LogP contribution in [0.25, 0.3) is 0 Å². The molecule has 27 heavy (non-hydrogen) atoms. The van der Waals surface area contributed by atoms with Gasteiger partial charge in [-0.2, -0.15) is 0 Å². The average Bonchev–Trinajstić information content (AvgIpc) is 2.59. The zero-order valence-electron chi connectivity index (χ0n) is 15.7. The van der Waals surface area contributed by atoms with Crippen molar-refractivity contribution in [3.05, 3.63) is 47.5 Å². The molecule has 0 amide bonds. The van der Waals surface area contributed by atoms with Crippen LogP contribution >= 0.6 is 0 Å². The normalized spacial score (nSPS) is 11.7. The van der Waals surface area contributed by atoms with Gasteiger partial charge in [0.25, 0.3) is 0 Å². The molecule has 0 bridgehead atoms. The molecule has 0 saturated carbocycles. The van der Waals surface area contributed by atoms with E-state index >= 15 is 0 Å². The zero-order chi connectivity index (χ0) is 20.0. The van der Waals surface area contributed by atoms with E-state index < -0.39 is 6.10 Å². The summed E-state index contributed by atoms with van der Waals surface area (Å²) in [6.07, 6.45) is 1.04. The molecule has 2 rings (SSSR count). The minimum atomic E-state index is -0.406. The number of rotatable bonds is 9. The first-order valence-electron chi connectivity index (χ1n) is 8.80. The van der Waals surface area contributed by atoms with E-state index in [4.69, 9.17) is 9.47 Å². The molecule has 6 nitrogen and oxygen atoms in total. The molecule has 0 spiro atoms. The fraction of sp³-hybridized carbons (Fsp3) is 0.333. The molecule has 1 atom stereocenters. The summed E-state index contributed by atoms with van der Waals surface area (Å²) >= 11 is 0. The van der Waals surface area contributed by atoms with Crippen LogP contribution in [0.4, 0.5) is 0 Å². The van der Waals surface area contributed by atoms with Crippen LogP contribution in [-0.4, -0.2) is 34.5 Å². The van der Waals surface area contributed by atoms with Gasteiger partial charge in [-0.25, -0.2) is 0 Å². The Balaban J connectivity index is 2.21. The Morgan fingerprint density at radius 3 is 1.96 bits per heavy atom. The van der Waals surface area contributed by atoms with Gasteiger partial charge in [-0.1, -0.05) is 25.5 Å². The van der Waals surface area contributed by atoms with E-state index in [1.54, 1.807) is 24.3 Å². The molecule has 144 valence electrons. The predicted octanol–water partition coefficient (Wildman–Crippen LogP) is 4.13. The molecule has 1 unspecified atom stereocenters. The Labute approximate surface area is 158 Å². The molecule has 0 aromatic heterocycles. The van der Waals surface area contributed by atoms with Gasteiger partial charge in [-0.15, -0.1) is 0 Å². The molecule has 0 fully saturated rings. The maximum atomic E-state index is 11.8. The number of aromatic hydroxyl groups is 2. The molecule has 0 aliphatic heterocycles. The van der Waals surface area contributed by atoms with Crippen molar-refractivity contribution in [3.63, 3.8) is 0 Å². The lowest BCUT2D eigenvalue weighted by molar-refractivity contribution is 0.0961. The number of phenolic OH excluding ortho intramolecular Hbond substituents is 2. The van der Waals surface area contributed by atoms with Crippen LogP contribution in [0.3, 0.4) is 0 Å². The molecule has 6 heteroatoms. The zero-order valence-corrected chi connectivity index (χ0v) is 15.7. The van der Waals surface area contributed by atoms with Crippen LogP contribution in [0.15, 0.2) is 36.4 Å². The van der Waals surface area contributed by atoms with Crippen molar-refractivity contribution in [2.45, 2.75) is 39.7 Å². The second kappa shape index (κ2) is 9.07. The van der Waals surface area contributed by atoms with Crippen LogP contribution in [0.1, 0.15) is 54.3 Å². The van der Waals surface area contributed by atoms with Gasteiger partial charge in [0, 0.05) is 0 Å². The molecule has 0 heterocycles. The van der Waals surface area contributed by atoms with Crippen LogP contribution < -0.4 is 9.47 Å². The van der Waals surface area contributed by atoms with Crippen LogP contribution in [0, 0.1) is 0 Å². The number of hydrogen-bond donors (Lipinski definition) is 2. The Morgan fingerprint density at radius 1 is 0.926 bits per heavy atom. The molecule has 0 radical (unpaired) electrons. The van der Waals surface area contributed by atoms with Crippen molar-refractivity contribution in [1.82, 2.24) is 0 Å². The van der Waals surface area contributed by atoms with Crippen molar-refractivity contribution in [2.24, 2.45) is 0 Å². The largest absolute Gasteiger partial charge is 0.507 e. The minimum absolute atomic E-state index is 0.116. The molecule has 0 aliphatic carbocycles. The van der Waals surface area contributed by atoms with Gasteiger partial charge in [0.2, 0.25) is 0 Å². The molecular formula is C21H24O6. The van der Waals surface area contributed by atoms with E-state index in [0.717, 1.165) is 6.42 Å². The second-order valence-electron chi connectivity index (χ2n) is 6.25. The van der Waals surface area contributed by atoms with Gasteiger partial charge in [0.05, 0.1) is 0 Å². The first-order chi connectivity index (χ1) is 12.8. The molecule has 0 saturated heterocycles. The molecule has 2 N–H and O–H groups in total. The van der Waals surface area contributed by atoms with Gasteiger partial charge in [-0.05, 0) is 44.5 Å². The summed E-state index contributed by atoms with van der Waals surface area (Å²) in [7, 11) is 0. The molecule has 2 aromatic carbocycles. The Morgan fingerprint density at radius 2 is 1.44 bits per heavy atom. The summed E-state index contributed by atoms with van der Waals surface area (Å²) in [4.78, 5) is 23.6. The third-order valence-electron chi connectivity index (χ3n) is 4.04. The van der Waals surface area contributed by atoms with Crippen molar-refractivity contribution >= 4 is 11.6 Å². The number of benzene rings is 2. The number of phenols is 2. The van der Waals surface area contributed by atoms with E-state index in [-0.39, 0.29) is 52.3 Å². The van der Waals surface area contributed by atoms with Crippen molar-refractivity contribution < 1.29 is 29.3 Å². The van der Waals surface area contributed by atoms with Gasteiger partial charge in [0.1, 0.15) is 46.8 Å². The molecule has 0 aliphatic rings. The highest BCUT2D eigenvalue weighted by atomic mass is 16.5. The third kappa shape index (κ3) is 5.00. The summed E-state index contributed by atoms with van der Waals surface area (Å²) in [6, 6.07) is 9.28. The second-order valence-corrected chi connectivity index (χ2v) is 6.25. The van der Waals surface area contributed by atoms with Crippen molar-refractivity contribution in [1.29, 1.82) is 0 Å². The lowest BCUT2D eigenvalue weighted by Gasteiger charge is -2.21. The third-order valence-corrected chi connectivity index (χ3v) is 4.04. The monoisotopic (exact) mass is 372 g/mol. The van der Waals surface area contributed by atoms with E-state index in [0.29, 0.717) is 6.42 Å². The standard InChI is InChI=1S/C21H24O6/c1-4-7-15(27-19-11-6-9-17(25)21(19)14(3)23)12-26-18-10-5-8-16(24)20(18)13(2)22/h5-6,8-11,15,24-25H,4,7,12H2,1-3H3. The number of hydrogen-bond acceptors (Lipinski definition) is 6. The summed E-state index contributed by atoms with van der Waals surface area (Å²) in [5, 5.41) is 19.8. The first-order valence-corrected chi connectivity index (χ1v) is 8.80. The van der Waals surface area contributed by atoms with E-state index in [1.807, 2.05) is 6.92 Å². The predicted molar refractivity (Wildman–Crippen MR) is 101 cm³/mol. The average molecular weight is 372 g/mol. The fourth-order valence-corrected chi connectivity index (χ4v) is 2.83. The Bertz CT molecular complexity index is 827. The number of carbonyl (C=O) groups is 2. The first kappa shape index (κ1) is 20.3. The number of carbonyl (C=O) groups excluding carboxylic acids is 2.